The van der Waals surface area contributed by atoms with Gasteiger partial charge in [-0.05, 0) is 53.8 Å². The van der Waals surface area contributed by atoms with Crippen LogP contribution in [0, 0.1) is 0 Å². The second-order valence-electron chi connectivity index (χ2n) is 6.55. The molecule has 142 valence electrons. The van der Waals surface area contributed by atoms with Crippen molar-refractivity contribution in [1.29, 1.82) is 0 Å². The van der Waals surface area contributed by atoms with Crippen molar-refractivity contribution in [3.63, 3.8) is 0 Å². The highest BCUT2D eigenvalue weighted by molar-refractivity contribution is 14.0. The summed E-state index contributed by atoms with van der Waals surface area (Å²) in [6.07, 6.45) is 1.15. The average molecular weight is 484 g/mol. The number of halogens is 1. The quantitative estimate of drug-likeness (QED) is 0.372. The highest BCUT2D eigenvalue weighted by Crippen LogP contribution is 2.19. The fourth-order valence-corrected chi connectivity index (χ4v) is 3.82. The highest BCUT2D eigenvalue weighted by atomic mass is 127. The summed E-state index contributed by atoms with van der Waals surface area (Å²) in [5.41, 5.74) is 4.24. The maximum absolute atomic E-state index is 4.69. The van der Waals surface area contributed by atoms with E-state index in [2.05, 4.69) is 70.5 Å². The van der Waals surface area contributed by atoms with E-state index >= 15 is 0 Å². The van der Waals surface area contributed by atoms with E-state index < -0.39 is 0 Å². The van der Waals surface area contributed by atoms with Crippen molar-refractivity contribution in [3.8, 4) is 0 Å². The van der Waals surface area contributed by atoms with Crippen molar-refractivity contribution in [2.45, 2.75) is 39.4 Å². The first-order chi connectivity index (χ1) is 12.3. The molecule has 0 spiro atoms. The van der Waals surface area contributed by atoms with E-state index in [0.717, 1.165) is 45.1 Å². The van der Waals surface area contributed by atoms with Gasteiger partial charge in [0.15, 0.2) is 5.96 Å². The fourth-order valence-electron chi connectivity index (χ4n) is 3.16. The monoisotopic (exact) mass is 484 g/mol. The van der Waals surface area contributed by atoms with Crippen LogP contribution in [-0.2, 0) is 19.5 Å². The summed E-state index contributed by atoms with van der Waals surface area (Å²) in [5.74, 6) is 0.901. The molecule has 2 heterocycles. The minimum atomic E-state index is 0. The fraction of sp³-hybridized carbons (Fsp3) is 0.450. The zero-order chi connectivity index (χ0) is 17.5. The molecule has 4 nitrogen and oxygen atoms in total. The first-order valence-corrected chi connectivity index (χ1v) is 10.0. The number of benzene rings is 1. The van der Waals surface area contributed by atoms with Gasteiger partial charge in [0.1, 0.15) is 0 Å². The van der Waals surface area contributed by atoms with Crippen molar-refractivity contribution in [1.82, 2.24) is 15.5 Å². The van der Waals surface area contributed by atoms with Crippen LogP contribution in [0.1, 0.15) is 30.5 Å². The normalized spacial score (nSPS) is 15.7. The van der Waals surface area contributed by atoms with Gasteiger partial charge in [-0.3, -0.25) is 4.90 Å². The molecule has 1 aromatic carbocycles. The Morgan fingerprint density at radius 2 is 2.04 bits per heavy atom. The summed E-state index contributed by atoms with van der Waals surface area (Å²) in [4.78, 5) is 7.24. The lowest BCUT2D eigenvalue weighted by atomic mass is 9.99. The number of fused-ring (bicyclic) bond motifs is 1. The van der Waals surface area contributed by atoms with Gasteiger partial charge < -0.3 is 10.6 Å². The molecule has 1 aromatic heterocycles. The van der Waals surface area contributed by atoms with Crippen molar-refractivity contribution >= 4 is 41.3 Å². The van der Waals surface area contributed by atoms with E-state index in [4.69, 9.17) is 4.99 Å². The third-order valence-corrected chi connectivity index (χ3v) is 5.42. The van der Waals surface area contributed by atoms with Gasteiger partial charge in [-0.15, -0.1) is 24.0 Å². The third kappa shape index (κ3) is 5.96. The summed E-state index contributed by atoms with van der Waals surface area (Å²) in [6, 6.07) is 11.4. The molecule has 1 unspecified atom stereocenters. The Morgan fingerprint density at radius 3 is 2.77 bits per heavy atom. The maximum Gasteiger partial charge on any atom is 0.191 e. The minimum Gasteiger partial charge on any atom is -0.357 e. The van der Waals surface area contributed by atoms with Crippen molar-refractivity contribution < 1.29 is 0 Å². The second kappa shape index (κ2) is 10.9. The number of thiophene rings is 1. The van der Waals surface area contributed by atoms with E-state index in [1.165, 1.54) is 16.7 Å². The van der Waals surface area contributed by atoms with Gasteiger partial charge in [0.2, 0.25) is 0 Å². The molecule has 0 amide bonds. The number of nitrogens with zero attached hydrogens (tertiary/aromatic N) is 2. The molecule has 0 saturated heterocycles. The lowest BCUT2D eigenvalue weighted by Crippen LogP contribution is -2.47. The van der Waals surface area contributed by atoms with Crippen LogP contribution >= 0.6 is 35.3 Å². The van der Waals surface area contributed by atoms with Crippen molar-refractivity contribution in [3.05, 3.63) is 57.8 Å². The minimum absolute atomic E-state index is 0. The number of rotatable bonds is 6. The van der Waals surface area contributed by atoms with Gasteiger partial charge in [0.25, 0.3) is 0 Å². The van der Waals surface area contributed by atoms with E-state index in [1.54, 1.807) is 11.3 Å². The Bertz CT molecular complexity index is 687. The van der Waals surface area contributed by atoms with Crippen LogP contribution in [0.5, 0.6) is 0 Å². The summed E-state index contributed by atoms with van der Waals surface area (Å²) in [7, 11) is 0. The van der Waals surface area contributed by atoms with E-state index in [1.807, 2.05) is 0 Å². The molecule has 0 fully saturated rings. The summed E-state index contributed by atoms with van der Waals surface area (Å²) in [6.45, 7) is 9.07. The first kappa shape index (κ1) is 21.2. The van der Waals surface area contributed by atoms with Crippen LogP contribution in [0.2, 0.25) is 0 Å². The van der Waals surface area contributed by atoms with Crippen LogP contribution < -0.4 is 10.6 Å². The predicted molar refractivity (Wildman–Crippen MR) is 123 cm³/mol. The molecule has 2 aromatic rings. The molecule has 6 heteroatoms. The number of nitrogens with one attached hydrogen (secondary N) is 2. The molecule has 0 aliphatic carbocycles. The molecular formula is C20H29IN4S. The summed E-state index contributed by atoms with van der Waals surface area (Å²) < 4.78 is 0. The smallest absolute Gasteiger partial charge is 0.191 e. The third-order valence-electron chi connectivity index (χ3n) is 4.69. The van der Waals surface area contributed by atoms with Crippen molar-refractivity contribution in [2.75, 3.05) is 19.6 Å². The van der Waals surface area contributed by atoms with Crippen LogP contribution in [0.4, 0.5) is 0 Å². The lowest BCUT2D eigenvalue weighted by molar-refractivity contribution is 0.191. The Labute approximate surface area is 178 Å². The SMILES string of the molecule is CCNC(=NCc1ccsc1)NCC(C)N1CCc2ccccc2C1.I. The second-order valence-corrected chi connectivity index (χ2v) is 7.33. The zero-order valence-electron chi connectivity index (χ0n) is 15.6. The maximum atomic E-state index is 4.69. The van der Waals surface area contributed by atoms with Gasteiger partial charge in [-0.25, -0.2) is 4.99 Å². The average Bonchev–Trinajstić information content (AvgIpc) is 3.17. The van der Waals surface area contributed by atoms with Crippen LogP contribution in [0.3, 0.4) is 0 Å². The summed E-state index contributed by atoms with van der Waals surface area (Å²) in [5, 5.41) is 11.1. The van der Waals surface area contributed by atoms with E-state index in [9.17, 15) is 0 Å². The molecule has 0 bridgehead atoms. The molecule has 1 aliphatic rings. The lowest BCUT2D eigenvalue weighted by Gasteiger charge is -2.34. The van der Waals surface area contributed by atoms with Gasteiger partial charge >= 0.3 is 0 Å². The molecule has 2 N–H and O–H groups in total. The number of aliphatic imine (C=N–C) groups is 1. The van der Waals surface area contributed by atoms with Crippen LogP contribution in [-0.4, -0.2) is 36.5 Å². The van der Waals surface area contributed by atoms with Crippen LogP contribution in [0.25, 0.3) is 0 Å². The number of hydrogen-bond acceptors (Lipinski definition) is 3. The highest BCUT2D eigenvalue weighted by Gasteiger charge is 2.20. The molecule has 0 saturated carbocycles. The van der Waals surface area contributed by atoms with E-state index in [-0.39, 0.29) is 24.0 Å². The van der Waals surface area contributed by atoms with Gasteiger partial charge in [0.05, 0.1) is 6.54 Å². The Balaban J connectivity index is 0.00000243. The van der Waals surface area contributed by atoms with E-state index in [0.29, 0.717) is 6.04 Å². The first-order valence-electron chi connectivity index (χ1n) is 9.10. The molecule has 3 rings (SSSR count). The number of hydrogen-bond donors (Lipinski definition) is 2. The predicted octanol–water partition coefficient (Wildman–Crippen LogP) is 3.87. The molecule has 1 aliphatic heterocycles. The standard InChI is InChI=1S/C20H28N4S.HI/c1-3-21-20(23-13-17-9-11-25-15-17)22-12-16(2)24-10-8-18-6-4-5-7-19(18)14-24;/h4-7,9,11,15-16H,3,8,10,12-14H2,1-2H3,(H2,21,22,23);1H. The van der Waals surface area contributed by atoms with Crippen LogP contribution in [0.15, 0.2) is 46.1 Å². The van der Waals surface area contributed by atoms with Gasteiger partial charge in [0, 0.05) is 32.2 Å². The summed E-state index contributed by atoms with van der Waals surface area (Å²) >= 11 is 1.72. The number of guanidine groups is 1. The molecule has 1 atom stereocenters. The van der Waals surface area contributed by atoms with Gasteiger partial charge in [-0.2, -0.15) is 11.3 Å². The van der Waals surface area contributed by atoms with Crippen molar-refractivity contribution in [2.24, 2.45) is 4.99 Å². The largest absolute Gasteiger partial charge is 0.357 e. The Morgan fingerprint density at radius 1 is 1.23 bits per heavy atom. The topological polar surface area (TPSA) is 39.7 Å². The zero-order valence-corrected chi connectivity index (χ0v) is 18.7. The Hall–Kier alpha value is -1.12. The Kier molecular flexibility index (Phi) is 8.87. The molecule has 0 radical (unpaired) electrons. The van der Waals surface area contributed by atoms with Gasteiger partial charge in [-0.1, -0.05) is 24.3 Å². The molecule has 26 heavy (non-hydrogen) atoms. The molecular weight excluding hydrogens is 455 g/mol.